The number of aromatic amines is 1. The Morgan fingerprint density at radius 1 is 1.03 bits per heavy atom. The summed E-state index contributed by atoms with van der Waals surface area (Å²) in [6.45, 7) is 1.13. The lowest BCUT2D eigenvalue weighted by Crippen LogP contribution is -2.35. The first-order valence-electron chi connectivity index (χ1n) is 10.5. The molecular weight excluding hydrogens is 386 g/mol. The van der Waals surface area contributed by atoms with Crippen LogP contribution in [0.1, 0.15) is 37.2 Å². The molecular formula is C24H24F2N2O2. The second-order valence-electron chi connectivity index (χ2n) is 8.03. The Bertz CT molecular complexity index is 1160. The van der Waals surface area contributed by atoms with E-state index < -0.39 is 0 Å². The lowest BCUT2D eigenvalue weighted by atomic mass is 9.81. The smallest absolute Gasteiger partial charge is 0.175 e. The highest BCUT2D eigenvalue weighted by Gasteiger charge is 2.24. The van der Waals surface area contributed by atoms with E-state index >= 15 is 0 Å². The molecule has 2 aromatic heterocycles. The molecule has 4 nitrogen and oxygen atoms in total. The van der Waals surface area contributed by atoms with E-state index in [1.165, 1.54) is 30.0 Å². The van der Waals surface area contributed by atoms with Crippen molar-refractivity contribution in [1.29, 1.82) is 0 Å². The zero-order chi connectivity index (χ0) is 20.5. The van der Waals surface area contributed by atoms with Crippen LogP contribution in [-0.2, 0) is 0 Å². The number of benzene rings is 2. The van der Waals surface area contributed by atoms with Crippen LogP contribution < -0.4 is 10.1 Å². The SMILES string of the molecule is Fc1cc(OCCNC2CCC(c3c[nH]c4ccc(F)cc34)CC2)c2occc2c1. The highest BCUT2D eigenvalue weighted by Crippen LogP contribution is 2.36. The van der Waals surface area contributed by atoms with Crippen LogP contribution in [0.2, 0.25) is 0 Å². The molecule has 1 saturated carbocycles. The second-order valence-corrected chi connectivity index (χ2v) is 8.03. The molecule has 30 heavy (non-hydrogen) atoms. The first-order valence-corrected chi connectivity index (χ1v) is 10.5. The zero-order valence-corrected chi connectivity index (χ0v) is 16.6. The Kier molecular flexibility index (Phi) is 5.17. The summed E-state index contributed by atoms with van der Waals surface area (Å²) >= 11 is 0. The molecule has 0 aliphatic heterocycles. The number of hydrogen-bond donors (Lipinski definition) is 2. The van der Waals surface area contributed by atoms with Gasteiger partial charge in [-0.15, -0.1) is 0 Å². The van der Waals surface area contributed by atoms with Crippen molar-refractivity contribution in [3.05, 3.63) is 66.1 Å². The Balaban J connectivity index is 1.12. The molecule has 0 radical (unpaired) electrons. The number of nitrogens with one attached hydrogen (secondary N) is 2. The van der Waals surface area contributed by atoms with Gasteiger partial charge in [0.25, 0.3) is 0 Å². The maximum atomic E-state index is 13.7. The summed E-state index contributed by atoms with van der Waals surface area (Å²) < 4.78 is 38.5. The molecule has 1 fully saturated rings. The lowest BCUT2D eigenvalue weighted by Gasteiger charge is -2.29. The minimum Gasteiger partial charge on any atom is -0.488 e. The molecule has 0 spiro atoms. The van der Waals surface area contributed by atoms with Crippen molar-refractivity contribution in [3.63, 3.8) is 0 Å². The molecule has 2 aromatic carbocycles. The fraction of sp³-hybridized carbons (Fsp3) is 0.333. The Labute approximate surface area is 173 Å². The fourth-order valence-corrected chi connectivity index (χ4v) is 4.61. The monoisotopic (exact) mass is 410 g/mol. The Morgan fingerprint density at radius 3 is 2.77 bits per heavy atom. The predicted molar refractivity (Wildman–Crippen MR) is 113 cm³/mol. The van der Waals surface area contributed by atoms with E-state index in [0.29, 0.717) is 41.8 Å². The van der Waals surface area contributed by atoms with E-state index in [9.17, 15) is 8.78 Å². The quantitative estimate of drug-likeness (QED) is 0.390. The molecule has 0 unspecified atom stereocenters. The predicted octanol–water partition coefficient (Wildman–Crippen LogP) is 5.89. The third kappa shape index (κ3) is 3.79. The van der Waals surface area contributed by atoms with Crippen molar-refractivity contribution in [2.75, 3.05) is 13.2 Å². The number of ether oxygens (including phenoxy) is 1. The third-order valence-corrected chi connectivity index (χ3v) is 6.12. The van der Waals surface area contributed by atoms with E-state index in [-0.39, 0.29) is 11.6 Å². The van der Waals surface area contributed by atoms with E-state index in [1.54, 1.807) is 18.2 Å². The summed E-state index contributed by atoms with van der Waals surface area (Å²) in [4.78, 5) is 3.26. The molecule has 1 aliphatic rings. The largest absolute Gasteiger partial charge is 0.488 e. The van der Waals surface area contributed by atoms with Gasteiger partial charge < -0.3 is 19.5 Å². The average Bonchev–Trinajstić information content (AvgIpc) is 3.38. The molecule has 5 rings (SSSR count). The molecule has 1 aliphatic carbocycles. The summed E-state index contributed by atoms with van der Waals surface area (Å²) in [6.07, 6.45) is 7.84. The minimum atomic E-state index is -0.331. The van der Waals surface area contributed by atoms with Gasteiger partial charge in [-0.2, -0.15) is 0 Å². The van der Waals surface area contributed by atoms with Crippen LogP contribution in [0.4, 0.5) is 8.78 Å². The molecule has 2 N–H and O–H groups in total. The van der Waals surface area contributed by atoms with Crippen molar-refractivity contribution in [3.8, 4) is 5.75 Å². The van der Waals surface area contributed by atoms with E-state index in [2.05, 4.69) is 10.3 Å². The molecule has 156 valence electrons. The van der Waals surface area contributed by atoms with Gasteiger partial charge in [0.05, 0.1) is 6.26 Å². The topological polar surface area (TPSA) is 50.2 Å². The van der Waals surface area contributed by atoms with Crippen LogP contribution in [-0.4, -0.2) is 24.2 Å². The number of halogens is 2. The average molecular weight is 410 g/mol. The van der Waals surface area contributed by atoms with Crippen LogP contribution >= 0.6 is 0 Å². The molecule has 0 saturated heterocycles. The summed E-state index contributed by atoms with van der Waals surface area (Å²) in [6, 6.07) is 9.88. The maximum Gasteiger partial charge on any atom is 0.175 e. The van der Waals surface area contributed by atoms with Crippen molar-refractivity contribution >= 4 is 21.9 Å². The van der Waals surface area contributed by atoms with Gasteiger partial charge in [-0.05, 0) is 67.5 Å². The molecule has 0 amide bonds. The number of H-pyrrole nitrogens is 1. The van der Waals surface area contributed by atoms with E-state index in [0.717, 1.165) is 36.6 Å². The molecule has 2 heterocycles. The summed E-state index contributed by atoms with van der Waals surface area (Å²) in [5, 5.41) is 5.24. The van der Waals surface area contributed by atoms with Crippen LogP contribution in [0.25, 0.3) is 21.9 Å². The van der Waals surface area contributed by atoms with Gasteiger partial charge in [-0.3, -0.25) is 0 Å². The van der Waals surface area contributed by atoms with Gasteiger partial charge >= 0.3 is 0 Å². The van der Waals surface area contributed by atoms with Gasteiger partial charge in [0.15, 0.2) is 11.3 Å². The standard InChI is InChI=1S/C24H24F2N2O2/c25-17-3-6-22-20(12-17)21(14-28-22)15-1-4-19(5-2-15)27-8-10-29-23-13-18(26)11-16-7-9-30-24(16)23/h3,6-7,9,11-15,19,27-28H,1-2,4-5,8,10H2. The van der Waals surface area contributed by atoms with Crippen molar-refractivity contribution < 1.29 is 17.9 Å². The van der Waals surface area contributed by atoms with Crippen LogP contribution in [0.3, 0.4) is 0 Å². The van der Waals surface area contributed by atoms with Crippen molar-refractivity contribution in [2.45, 2.75) is 37.6 Å². The van der Waals surface area contributed by atoms with Crippen LogP contribution in [0.15, 0.2) is 53.3 Å². The summed E-state index contributed by atoms with van der Waals surface area (Å²) in [7, 11) is 0. The number of fused-ring (bicyclic) bond motifs is 2. The number of hydrogen-bond acceptors (Lipinski definition) is 3. The molecule has 6 heteroatoms. The Morgan fingerprint density at radius 2 is 1.90 bits per heavy atom. The van der Waals surface area contributed by atoms with Crippen molar-refractivity contribution in [1.82, 2.24) is 10.3 Å². The first kappa shape index (κ1) is 19.1. The molecule has 4 aromatic rings. The van der Waals surface area contributed by atoms with E-state index in [4.69, 9.17) is 9.15 Å². The fourth-order valence-electron chi connectivity index (χ4n) is 4.61. The van der Waals surface area contributed by atoms with Gasteiger partial charge in [0.2, 0.25) is 0 Å². The normalized spacial score (nSPS) is 19.5. The highest BCUT2D eigenvalue weighted by atomic mass is 19.1. The first-order chi connectivity index (χ1) is 14.7. The Hall–Kier alpha value is -2.86. The maximum absolute atomic E-state index is 13.7. The van der Waals surface area contributed by atoms with Crippen LogP contribution in [0, 0.1) is 11.6 Å². The lowest BCUT2D eigenvalue weighted by molar-refractivity contribution is 0.282. The van der Waals surface area contributed by atoms with Crippen LogP contribution in [0.5, 0.6) is 5.75 Å². The number of rotatable bonds is 6. The van der Waals surface area contributed by atoms with Gasteiger partial charge in [-0.25, -0.2) is 8.78 Å². The molecule has 0 atom stereocenters. The number of aromatic nitrogens is 1. The summed E-state index contributed by atoms with van der Waals surface area (Å²) in [5.74, 6) is 0.368. The second kappa shape index (κ2) is 8.11. The molecule has 0 bridgehead atoms. The highest BCUT2D eigenvalue weighted by molar-refractivity contribution is 5.84. The minimum absolute atomic E-state index is 0.191. The summed E-state index contributed by atoms with van der Waals surface area (Å²) in [5.41, 5.74) is 2.79. The van der Waals surface area contributed by atoms with Gasteiger partial charge in [0, 0.05) is 41.1 Å². The van der Waals surface area contributed by atoms with E-state index in [1.807, 2.05) is 6.20 Å². The van der Waals surface area contributed by atoms with Crippen molar-refractivity contribution in [2.24, 2.45) is 0 Å². The van der Waals surface area contributed by atoms with Gasteiger partial charge in [0.1, 0.15) is 18.2 Å². The van der Waals surface area contributed by atoms with Gasteiger partial charge in [-0.1, -0.05) is 0 Å². The number of furan rings is 1. The third-order valence-electron chi connectivity index (χ3n) is 6.12. The zero-order valence-electron chi connectivity index (χ0n) is 16.6.